The van der Waals surface area contributed by atoms with Gasteiger partial charge in [-0.2, -0.15) is 0 Å². The first-order chi connectivity index (χ1) is 30.4. The third-order valence-electron chi connectivity index (χ3n) is 10.9. The minimum absolute atomic E-state index is 0.0868. The number of hydrogen-bond donors (Lipinski definition) is 6. The Kier molecular flexibility index (Phi) is 36.1. The smallest absolute Gasteiger partial charge is 0.462 e. The Morgan fingerprint density at radius 1 is 0.508 bits per heavy atom. The van der Waals surface area contributed by atoms with E-state index in [0.29, 0.717) is 12.8 Å². The van der Waals surface area contributed by atoms with E-state index < -0.39 is 75.7 Å². The highest BCUT2D eigenvalue weighted by Crippen LogP contribution is 2.47. The van der Waals surface area contributed by atoms with Gasteiger partial charge < -0.3 is 39.9 Å². The topological polar surface area (TPSA) is 210 Å². The maximum absolute atomic E-state index is 12.8. The molecule has 6 N–H and O–H groups in total. The first-order valence-electron chi connectivity index (χ1n) is 24.1. The van der Waals surface area contributed by atoms with Gasteiger partial charge in [0, 0.05) is 12.8 Å². The van der Waals surface area contributed by atoms with Crippen molar-refractivity contribution < 1.29 is 63.1 Å². The number of aliphatic hydroxyl groups is 5. The van der Waals surface area contributed by atoms with Crippen molar-refractivity contribution in [1.29, 1.82) is 0 Å². The van der Waals surface area contributed by atoms with Crippen molar-refractivity contribution in [3.8, 4) is 0 Å². The molecule has 0 spiro atoms. The van der Waals surface area contributed by atoms with Crippen molar-refractivity contribution >= 4 is 19.8 Å². The molecule has 14 heteroatoms. The van der Waals surface area contributed by atoms with Crippen molar-refractivity contribution in [3.05, 3.63) is 60.8 Å². The molecule has 1 fully saturated rings. The molecule has 0 aliphatic heterocycles. The van der Waals surface area contributed by atoms with Crippen LogP contribution in [0.3, 0.4) is 0 Å². The molecule has 1 rings (SSSR count). The van der Waals surface area contributed by atoms with Crippen LogP contribution in [0.2, 0.25) is 0 Å². The van der Waals surface area contributed by atoms with E-state index >= 15 is 0 Å². The summed E-state index contributed by atoms with van der Waals surface area (Å²) in [5.74, 6) is -1.13. The molecule has 0 radical (unpaired) electrons. The molecule has 0 aromatic rings. The number of carbonyl (C=O) groups is 2. The summed E-state index contributed by atoms with van der Waals surface area (Å²) in [6, 6.07) is 0. The van der Waals surface area contributed by atoms with Crippen LogP contribution in [0.25, 0.3) is 0 Å². The second-order valence-electron chi connectivity index (χ2n) is 16.7. The van der Waals surface area contributed by atoms with E-state index in [1.165, 1.54) is 70.6 Å². The van der Waals surface area contributed by atoms with E-state index in [1.54, 1.807) is 0 Å². The van der Waals surface area contributed by atoms with Crippen LogP contribution < -0.4 is 0 Å². The SMILES string of the molecule is CC/C=C/C=C/C=C/C=C/CCCCCCCC(=O)OC[C@H](COP(=O)(O)OC1C(O)C(O)C(O)[C@@H](O)C1O)OC(=O)CCCCCCCCCCC/C=C/CCCCCCCC. The second-order valence-corrected chi connectivity index (χ2v) is 18.1. The lowest BCUT2D eigenvalue weighted by molar-refractivity contribution is -0.220. The lowest BCUT2D eigenvalue weighted by Crippen LogP contribution is -2.64. The third-order valence-corrected chi connectivity index (χ3v) is 11.9. The number of phosphoric ester groups is 1. The minimum atomic E-state index is -5.13. The monoisotopic (exact) mass is 913 g/mol. The summed E-state index contributed by atoms with van der Waals surface area (Å²) >= 11 is 0. The summed E-state index contributed by atoms with van der Waals surface area (Å²) in [6.45, 7) is 3.14. The number of carbonyl (C=O) groups excluding carboxylic acids is 2. The highest BCUT2D eigenvalue weighted by Gasteiger charge is 2.51. The van der Waals surface area contributed by atoms with Gasteiger partial charge in [0.1, 0.15) is 43.2 Å². The normalized spacial score (nSPS) is 22.2. The molecule has 0 heterocycles. The van der Waals surface area contributed by atoms with Crippen LogP contribution in [0.15, 0.2) is 60.8 Å². The average molecular weight is 913 g/mol. The molecular weight excluding hydrogens is 827 g/mol. The van der Waals surface area contributed by atoms with Gasteiger partial charge in [-0.25, -0.2) is 4.57 Å². The molecule has 1 aliphatic carbocycles. The molecule has 63 heavy (non-hydrogen) atoms. The number of rotatable bonds is 39. The van der Waals surface area contributed by atoms with Crippen molar-refractivity contribution in [1.82, 2.24) is 0 Å². The summed E-state index contributed by atoms with van der Waals surface area (Å²) < 4.78 is 33.5. The number of unbranched alkanes of at least 4 members (excludes halogenated alkanes) is 20. The van der Waals surface area contributed by atoms with Crippen molar-refractivity contribution in [2.75, 3.05) is 13.2 Å². The van der Waals surface area contributed by atoms with Gasteiger partial charge in [-0.1, -0.05) is 171 Å². The van der Waals surface area contributed by atoms with E-state index in [1.807, 2.05) is 36.5 Å². The Morgan fingerprint density at radius 2 is 0.921 bits per heavy atom. The number of aliphatic hydroxyl groups excluding tert-OH is 5. The fourth-order valence-electron chi connectivity index (χ4n) is 7.06. The summed E-state index contributed by atoms with van der Waals surface area (Å²) in [5.41, 5.74) is 0. The van der Waals surface area contributed by atoms with Gasteiger partial charge in [0.15, 0.2) is 6.10 Å². The van der Waals surface area contributed by atoms with E-state index in [-0.39, 0.29) is 12.8 Å². The fraction of sp³-hybridized carbons (Fsp3) is 0.755. The quantitative estimate of drug-likeness (QED) is 0.0112. The maximum Gasteiger partial charge on any atom is 0.472 e. The van der Waals surface area contributed by atoms with Crippen molar-refractivity contribution in [2.24, 2.45) is 0 Å². The van der Waals surface area contributed by atoms with Crippen LogP contribution in [-0.2, 0) is 32.7 Å². The minimum Gasteiger partial charge on any atom is -0.462 e. The number of ether oxygens (including phenoxy) is 2. The third kappa shape index (κ3) is 31.2. The van der Waals surface area contributed by atoms with Crippen LogP contribution in [0, 0.1) is 0 Å². The van der Waals surface area contributed by atoms with Crippen LogP contribution in [0.4, 0.5) is 0 Å². The van der Waals surface area contributed by atoms with Gasteiger partial charge in [-0.15, -0.1) is 0 Å². The average Bonchev–Trinajstić information content (AvgIpc) is 3.26. The number of hydrogen-bond acceptors (Lipinski definition) is 12. The molecule has 0 amide bonds. The Bertz CT molecular complexity index is 1330. The lowest BCUT2D eigenvalue weighted by Gasteiger charge is -2.41. The number of esters is 2. The second kappa shape index (κ2) is 38.8. The molecule has 1 aliphatic rings. The van der Waals surface area contributed by atoms with Crippen LogP contribution >= 0.6 is 7.82 Å². The van der Waals surface area contributed by atoms with Crippen LogP contribution in [0.1, 0.15) is 181 Å². The van der Waals surface area contributed by atoms with E-state index in [9.17, 15) is 44.6 Å². The zero-order valence-corrected chi connectivity index (χ0v) is 39.5. The lowest BCUT2D eigenvalue weighted by atomic mass is 9.85. The zero-order valence-electron chi connectivity index (χ0n) is 38.6. The first kappa shape index (κ1) is 58.6. The Labute approximate surface area is 379 Å². The van der Waals surface area contributed by atoms with E-state index in [4.69, 9.17) is 18.5 Å². The molecular formula is C49H85O13P. The van der Waals surface area contributed by atoms with Gasteiger partial charge in [0.2, 0.25) is 0 Å². The van der Waals surface area contributed by atoms with Gasteiger partial charge >= 0.3 is 19.8 Å². The molecule has 0 saturated heterocycles. The highest BCUT2D eigenvalue weighted by molar-refractivity contribution is 7.47. The molecule has 8 atom stereocenters. The predicted molar refractivity (Wildman–Crippen MR) is 249 cm³/mol. The predicted octanol–water partition coefficient (Wildman–Crippen LogP) is 9.73. The summed E-state index contributed by atoms with van der Waals surface area (Å²) in [4.78, 5) is 35.7. The number of allylic oxidation sites excluding steroid dienone is 10. The molecule has 13 nitrogen and oxygen atoms in total. The van der Waals surface area contributed by atoms with E-state index in [0.717, 1.165) is 70.6 Å². The van der Waals surface area contributed by atoms with Gasteiger partial charge in [0.25, 0.3) is 0 Å². The first-order valence-corrected chi connectivity index (χ1v) is 25.6. The molecule has 0 bridgehead atoms. The van der Waals surface area contributed by atoms with Crippen molar-refractivity contribution in [2.45, 2.75) is 224 Å². The van der Waals surface area contributed by atoms with E-state index in [2.05, 4.69) is 38.2 Å². The Balaban J connectivity index is 2.44. The molecule has 0 aromatic carbocycles. The summed E-state index contributed by atoms with van der Waals surface area (Å²) in [5, 5.41) is 50.2. The van der Waals surface area contributed by atoms with Crippen LogP contribution in [-0.4, -0.2) is 98.3 Å². The molecule has 1 saturated carbocycles. The molecule has 364 valence electrons. The van der Waals surface area contributed by atoms with Gasteiger partial charge in [-0.05, 0) is 57.8 Å². The van der Waals surface area contributed by atoms with Gasteiger partial charge in [0.05, 0.1) is 6.61 Å². The molecule has 6 unspecified atom stereocenters. The largest absolute Gasteiger partial charge is 0.472 e. The summed E-state index contributed by atoms with van der Waals surface area (Å²) in [7, 11) is -5.13. The zero-order chi connectivity index (χ0) is 46.4. The molecule has 0 aromatic heterocycles. The fourth-order valence-corrected chi connectivity index (χ4v) is 8.03. The Hall–Kier alpha value is -2.45. The maximum atomic E-state index is 12.8. The standard InChI is InChI=1S/C49H85O13P/c1-3-5-7-9-11-13-15-17-19-20-21-22-24-26-28-30-32-34-36-38-43(51)61-41(40-60-63(57,58)62-49-47(55)45(53)44(52)46(54)48(49)56)39-59-42(50)37-35-33-31-29-27-25-23-18-16-14-12-10-8-6-4-2/h6,8,10,12,14,16-19,23,41,44-49,52-56H,3-5,7,9,11,13,15,20-22,24-40H2,1-2H3,(H,57,58)/b8-6+,12-10+,16-14+,19-17+,23-18+/t41-,44?,45-,46?,47?,48?,49?/m1/s1. The highest BCUT2D eigenvalue weighted by atomic mass is 31.2. The van der Waals surface area contributed by atoms with Crippen LogP contribution in [0.5, 0.6) is 0 Å². The summed E-state index contributed by atoms with van der Waals surface area (Å²) in [6.07, 6.45) is 34.1. The Morgan fingerprint density at radius 3 is 1.43 bits per heavy atom. The number of phosphoric acid groups is 1. The van der Waals surface area contributed by atoms with Gasteiger partial charge in [-0.3, -0.25) is 18.6 Å². The van der Waals surface area contributed by atoms with Crippen molar-refractivity contribution in [3.63, 3.8) is 0 Å².